The molecule has 1 saturated carbocycles. The lowest BCUT2D eigenvalue weighted by Crippen LogP contribution is -2.50. The molecule has 0 bridgehead atoms. The number of hydrogen-bond donors (Lipinski definition) is 2. The lowest BCUT2D eigenvalue weighted by atomic mass is 9.89. The van der Waals surface area contributed by atoms with Crippen LogP contribution in [0.15, 0.2) is 36.8 Å². The van der Waals surface area contributed by atoms with E-state index in [0.29, 0.717) is 23.1 Å². The molecule has 4 heterocycles. The molecule has 1 saturated heterocycles. The highest BCUT2D eigenvalue weighted by molar-refractivity contribution is 6.33. The average molecular weight is 412 g/mol. The molecule has 29 heavy (non-hydrogen) atoms. The van der Waals surface area contributed by atoms with E-state index in [0.717, 1.165) is 55.8 Å². The van der Waals surface area contributed by atoms with E-state index in [1.54, 1.807) is 6.20 Å². The molecule has 152 valence electrons. The Bertz CT molecular complexity index is 982. The van der Waals surface area contributed by atoms with Gasteiger partial charge in [-0.2, -0.15) is 5.10 Å². The quantitative estimate of drug-likeness (QED) is 0.687. The van der Waals surface area contributed by atoms with Crippen molar-refractivity contribution in [2.75, 3.05) is 31.5 Å². The van der Waals surface area contributed by atoms with Gasteiger partial charge >= 0.3 is 0 Å². The Hall–Kier alpha value is -2.22. The van der Waals surface area contributed by atoms with Gasteiger partial charge in [-0.15, -0.1) is 0 Å². The van der Waals surface area contributed by atoms with E-state index in [2.05, 4.69) is 25.6 Å². The van der Waals surface area contributed by atoms with Gasteiger partial charge in [-0.1, -0.05) is 17.7 Å². The second-order valence-electron chi connectivity index (χ2n) is 7.93. The maximum atomic E-state index is 6.45. The number of fused-ring (bicyclic) bond motifs is 1. The summed E-state index contributed by atoms with van der Waals surface area (Å²) < 4.78 is 1.83. The normalized spacial score (nSPS) is 23.3. The van der Waals surface area contributed by atoms with Gasteiger partial charge in [-0.25, -0.2) is 14.5 Å². The van der Waals surface area contributed by atoms with Crippen molar-refractivity contribution in [1.82, 2.24) is 29.8 Å². The third kappa shape index (κ3) is 3.95. The zero-order valence-electron chi connectivity index (χ0n) is 16.4. The molecule has 0 unspecified atom stereocenters. The van der Waals surface area contributed by atoms with Crippen LogP contribution in [0.25, 0.3) is 16.8 Å². The van der Waals surface area contributed by atoms with Crippen molar-refractivity contribution in [3.63, 3.8) is 0 Å². The van der Waals surface area contributed by atoms with Crippen LogP contribution in [0.3, 0.4) is 0 Å². The first-order valence-corrected chi connectivity index (χ1v) is 10.8. The molecular formula is C21H26ClN7. The summed E-state index contributed by atoms with van der Waals surface area (Å²) >= 11 is 6.45. The molecular weight excluding hydrogens is 386 g/mol. The van der Waals surface area contributed by atoms with E-state index in [1.165, 1.54) is 12.8 Å². The van der Waals surface area contributed by atoms with Crippen LogP contribution in [0, 0.1) is 0 Å². The summed E-state index contributed by atoms with van der Waals surface area (Å²) in [6, 6.07) is 7.01. The third-order valence-corrected chi connectivity index (χ3v) is 6.35. The van der Waals surface area contributed by atoms with Crippen LogP contribution in [0.1, 0.15) is 25.7 Å². The predicted molar refractivity (Wildman–Crippen MR) is 115 cm³/mol. The minimum atomic E-state index is 0.390. The molecule has 1 aliphatic carbocycles. The lowest BCUT2D eigenvalue weighted by Gasteiger charge is -2.39. The Morgan fingerprint density at radius 3 is 2.93 bits per heavy atom. The first-order valence-electron chi connectivity index (χ1n) is 10.4. The number of hydrogen-bond acceptors (Lipinski definition) is 6. The number of nitrogens with zero attached hydrogens (tertiary/aromatic N) is 5. The zero-order chi connectivity index (χ0) is 19.6. The molecule has 0 radical (unpaired) electrons. The van der Waals surface area contributed by atoms with Crippen molar-refractivity contribution in [2.24, 2.45) is 0 Å². The Morgan fingerprint density at radius 2 is 2.03 bits per heavy atom. The van der Waals surface area contributed by atoms with Crippen molar-refractivity contribution >= 4 is 23.1 Å². The summed E-state index contributed by atoms with van der Waals surface area (Å²) in [7, 11) is 0. The fourth-order valence-corrected chi connectivity index (χ4v) is 4.79. The predicted octanol–water partition coefficient (Wildman–Crippen LogP) is 3.07. The molecule has 0 aromatic carbocycles. The maximum Gasteiger partial charge on any atom is 0.223 e. The van der Waals surface area contributed by atoms with Crippen molar-refractivity contribution in [2.45, 2.75) is 37.8 Å². The fourth-order valence-electron chi connectivity index (χ4n) is 4.60. The van der Waals surface area contributed by atoms with Crippen LogP contribution in [0.4, 0.5) is 5.95 Å². The topological polar surface area (TPSA) is 70.4 Å². The van der Waals surface area contributed by atoms with Crippen molar-refractivity contribution in [1.29, 1.82) is 0 Å². The smallest absolute Gasteiger partial charge is 0.223 e. The maximum absolute atomic E-state index is 6.45. The summed E-state index contributed by atoms with van der Waals surface area (Å²) in [6.07, 6.45) is 10.2. The Labute approximate surface area is 175 Å². The Morgan fingerprint density at radius 1 is 1.14 bits per heavy atom. The molecule has 0 amide bonds. The third-order valence-electron chi connectivity index (χ3n) is 6.07. The van der Waals surface area contributed by atoms with E-state index >= 15 is 0 Å². The standard InChI is InChI=1S/C21H26ClN7/c22-18-14-24-21(27-20(18)17-13-25-29-9-2-1-6-19(17)29)26-15-4-3-5-16(12-15)28-10-7-23-8-11-28/h1-2,6,9,13-16,23H,3-5,7-8,10-12H2,(H,24,26,27)/t15-,16+/m1/s1. The van der Waals surface area contributed by atoms with Crippen molar-refractivity contribution < 1.29 is 0 Å². The van der Waals surface area contributed by atoms with Crippen molar-refractivity contribution in [3.8, 4) is 11.3 Å². The van der Waals surface area contributed by atoms with Gasteiger partial charge in [0.05, 0.1) is 28.6 Å². The molecule has 2 aliphatic rings. The molecule has 2 atom stereocenters. The van der Waals surface area contributed by atoms with E-state index in [9.17, 15) is 0 Å². The van der Waals surface area contributed by atoms with Gasteiger partial charge in [0.1, 0.15) is 0 Å². The number of aromatic nitrogens is 4. The zero-order valence-corrected chi connectivity index (χ0v) is 17.1. The van der Waals surface area contributed by atoms with Crippen LogP contribution in [0.5, 0.6) is 0 Å². The van der Waals surface area contributed by atoms with Crippen LogP contribution < -0.4 is 10.6 Å². The second kappa shape index (κ2) is 8.26. The molecule has 3 aromatic heterocycles. The van der Waals surface area contributed by atoms with Gasteiger partial charge in [-0.05, 0) is 37.8 Å². The summed E-state index contributed by atoms with van der Waals surface area (Å²) in [5.74, 6) is 0.644. The van der Waals surface area contributed by atoms with E-state index in [-0.39, 0.29) is 0 Å². The molecule has 0 spiro atoms. The Kier molecular flexibility index (Phi) is 5.35. The number of anilines is 1. The number of piperazine rings is 1. The minimum absolute atomic E-state index is 0.390. The van der Waals surface area contributed by atoms with Crippen molar-refractivity contribution in [3.05, 3.63) is 41.8 Å². The number of rotatable bonds is 4. The van der Waals surface area contributed by atoms with Gasteiger partial charge in [0.25, 0.3) is 0 Å². The molecule has 8 heteroatoms. The van der Waals surface area contributed by atoms with Gasteiger partial charge in [-0.3, -0.25) is 4.90 Å². The van der Waals surface area contributed by atoms with E-state index in [1.807, 2.05) is 35.1 Å². The van der Waals surface area contributed by atoms with E-state index < -0.39 is 0 Å². The molecule has 5 rings (SSSR count). The van der Waals surface area contributed by atoms with E-state index in [4.69, 9.17) is 16.6 Å². The van der Waals surface area contributed by atoms with Crippen LogP contribution in [-0.4, -0.2) is 62.7 Å². The average Bonchev–Trinajstić information content (AvgIpc) is 3.20. The Balaban J connectivity index is 1.35. The first kappa shape index (κ1) is 18.8. The lowest BCUT2D eigenvalue weighted by molar-refractivity contribution is 0.134. The molecule has 3 aromatic rings. The molecule has 7 nitrogen and oxygen atoms in total. The SMILES string of the molecule is Clc1cnc(N[C@@H]2CCC[C@H](N3CCNCC3)C2)nc1-c1cnn2ccccc12. The first-order chi connectivity index (χ1) is 14.3. The fraction of sp³-hybridized carbons (Fsp3) is 0.476. The summed E-state index contributed by atoms with van der Waals surface area (Å²) in [5, 5.41) is 12.0. The molecule has 2 fully saturated rings. The number of halogens is 1. The molecule has 2 N–H and O–H groups in total. The highest BCUT2D eigenvalue weighted by atomic mass is 35.5. The molecule has 1 aliphatic heterocycles. The van der Waals surface area contributed by atoms with Crippen LogP contribution in [-0.2, 0) is 0 Å². The summed E-state index contributed by atoms with van der Waals surface area (Å²) in [4.78, 5) is 11.9. The summed E-state index contributed by atoms with van der Waals surface area (Å²) in [6.45, 7) is 4.48. The second-order valence-corrected chi connectivity index (χ2v) is 8.33. The highest BCUT2D eigenvalue weighted by Crippen LogP contribution is 2.31. The minimum Gasteiger partial charge on any atom is -0.351 e. The van der Waals surface area contributed by atoms with Gasteiger partial charge in [0.15, 0.2) is 0 Å². The highest BCUT2D eigenvalue weighted by Gasteiger charge is 2.28. The van der Waals surface area contributed by atoms with Gasteiger partial charge in [0, 0.05) is 50.0 Å². The monoisotopic (exact) mass is 411 g/mol. The van der Waals surface area contributed by atoms with Crippen LogP contribution >= 0.6 is 11.6 Å². The summed E-state index contributed by atoms with van der Waals surface area (Å²) in [5.41, 5.74) is 2.62. The largest absolute Gasteiger partial charge is 0.351 e. The van der Waals surface area contributed by atoms with Gasteiger partial charge in [0.2, 0.25) is 5.95 Å². The van der Waals surface area contributed by atoms with Crippen LogP contribution in [0.2, 0.25) is 5.02 Å². The van der Waals surface area contributed by atoms with Gasteiger partial charge < -0.3 is 10.6 Å². The number of nitrogens with one attached hydrogen (secondary N) is 2. The number of pyridine rings is 1.